The molecule has 2 rings (SSSR count). The summed E-state index contributed by atoms with van der Waals surface area (Å²) in [5, 5.41) is 9.01. The molecule has 0 saturated carbocycles. The van der Waals surface area contributed by atoms with E-state index in [1.54, 1.807) is 24.3 Å². The first-order chi connectivity index (χ1) is 12.1. The van der Waals surface area contributed by atoms with E-state index in [2.05, 4.69) is 16.0 Å². The SMILES string of the molecule is CC[C@H](NC(=O)CCNC(=O)Nc1ccccc1)c1ccc(Cl)cc1. The number of para-hydroxylation sites is 1. The van der Waals surface area contributed by atoms with E-state index in [4.69, 9.17) is 11.6 Å². The molecule has 0 saturated heterocycles. The molecule has 0 aliphatic heterocycles. The summed E-state index contributed by atoms with van der Waals surface area (Å²) in [7, 11) is 0. The van der Waals surface area contributed by atoms with Crippen molar-refractivity contribution in [1.82, 2.24) is 10.6 Å². The average molecular weight is 360 g/mol. The van der Waals surface area contributed by atoms with Crippen LogP contribution in [-0.2, 0) is 4.79 Å². The molecular weight excluding hydrogens is 338 g/mol. The second-order valence-electron chi connectivity index (χ2n) is 5.58. The van der Waals surface area contributed by atoms with Gasteiger partial charge < -0.3 is 16.0 Å². The van der Waals surface area contributed by atoms with Gasteiger partial charge in [0.1, 0.15) is 0 Å². The first-order valence-corrected chi connectivity index (χ1v) is 8.61. The zero-order valence-corrected chi connectivity index (χ0v) is 14.8. The van der Waals surface area contributed by atoms with E-state index < -0.39 is 0 Å². The van der Waals surface area contributed by atoms with Crippen LogP contribution >= 0.6 is 11.6 Å². The maximum absolute atomic E-state index is 12.1. The van der Waals surface area contributed by atoms with Crippen LogP contribution in [0, 0.1) is 0 Å². The van der Waals surface area contributed by atoms with E-state index in [9.17, 15) is 9.59 Å². The number of rotatable bonds is 7. The number of carbonyl (C=O) groups is 2. The minimum atomic E-state index is -0.330. The Labute approximate surface area is 152 Å². The van der Waals surface area contributed by atoms with Gasteiger partial charge in [-0.3, -0.25) is 4.79 Å². The van der Waals surface area contributed by atoms with Crippen molar-refractivity contribution in [2.24, 2.45) is 0 Å². The van der Waals surface area contributed by atoms with Gasteiger partial charge >= 0.3 is 6.03 Å². The van der Waals surface area contributed by atoms with Crippen molar-refractivity contribution in [3.8, 4) is 0 Å². The monoisotopic (exact) mass is 359 g/mol. The van der Waals surface area contributed by atoms with Crippen LogP contribution in [0.2, 0.25) is 5.02 Å². The van der Waals surface area contributed by atoms with E-state index in [0.717, 1.165) is 12.0 Å². The number of nitrogens with one attached hydrogen (secondary N) is 3. The summed E-state index contributed by atoms with van der Waals surface area (Å²) >= 11 is 5.89. The molecule has 0 radical (unpaired) electrons. The number of anilines is 1. The number of urea groups is 1. The van der Waals surface area contributed by atoms with Crippen molar-refractivity contribution in [1.29, 1.82) is 0 Å². The smallest absolute Gasteiger partial charge is 0.319 e. The Balaban J connectivity index is 1.74. The fraction of sp³-hybridized carbons (Fsp3) is 0.263. The zero-order chi connectivity index (χ0) is 18.1. The van der Waals surface area contributed by atoms with Crippen molar-refractivity contribution < 1.29 is 9.59 Å². The third kappa shape index (κ3) is 6.47. The van der Waals surface area contributed by atoms with E-state index in [1.165, 1.54) is 0 Å². The van der Waals surface area contributed by atoms with Gasteiger partial charge in [-0.2, -0.15) is 0 Å². The van der Waals surface area contributed by atoms with Crippen LogP contribution in [0.1, 0.15) is 31.4 Å². The highest BCUT2D eigenvalue weighted by atomic mass is 35.5. The number of carbonyl (C=O) groups excluding carboxylic acids is 2. The standard InChI is InChI=1S/C19H22ClN3O2/c1-2-17(14-8-10-15(20)11-9-14)23-18(24)12-13-21-19(25)22-16-6-4-3-5-7-16/h3-11,17H,2,12-13H2,1H3,(H,23,24)(H2,21,22,25)/t17-/m0/s1. The summed E-state index contributed by atoms with van der Waals surface area (Å²) in [6.45, 7) is 2.27. The molecule has 0 aromatic heterocycles. The molecule has 6 heteroatoms. The van der Waals surface area contributed by atoms with Crippen LogP contribution < -0.4 is 16.0 Å². The van der Waals surface area contributed by atoms with Crippen molar-refractivity contribution >= 4 is 29.2 Å². The quantitative estimate of drug-likeness (QED) is 0.696. The molecule has 2 aromatic rings. The van der Waals surface area contributed by atoms with E-state index >= 15 is 0 Å². The maximum Gasteiger partial charge on any atom is 0.319 e. The number of hydrogen-bond acceptors (Lipinski definition) is 2. The largest absolute Gasteiger partial charge is 0.349 e. The highest BCUT2D eigenvalue weighted by Crippen LogP contribution is 2.19. The minimum Gasteiger partial charge on any atom is -0.349 e. The Morgan fingerprint density at radius 1 is 1.04 bits per heavy atom. The highest BCUT2D eigenvalue weighted by Gasteiger charge is 2.12. The maximum atomic E-state index is 12.1. The van der Waals surface area contributed by atoms with Crippen LogP contribution in [0.4, 0.5) is 10.5 Å². The molecule has 0 fully saturated rings. The third-order valence-electron chi connectivity index (χ3n) is 3.69. The number of benzene rings is 2. The number of amides is 3. The van der Waals surface area contributed by atoms with Crippen LogP contribution in [0.5, 0.6) is 0 Å². The van der Waals surface area contributed by atoms with Gasteiger partial charge in [-0.15, -0.1) is 0 Å². The first kappa shape index (κ1) is 18.8. The van der Waals surface area contributed by atoms with Crippen LogP contribution in [-0.4, -0.2) is 18.5 Å². The summed E-state index contributed by atoms with van der Waals surface area (Å²) in [4.78, 5) is 23.8. The highest BCUT2D eigenvalue weighted by molar-refractivity contribution is 6.30. The second-order valence-corrected chi connectivity index (χ2v) is 6.01. The van der Waals surface area contributed by atoms with E-state index in [0.29, 0.717) is 10.7 Å². The predicted molar refractivity (Wildman–Crippen MR) is 101 cm³/mol. The predicted octanol–water partition coefficient (Wildman–Crippen LogP) is 4.12. The summed E-state index contributed by atoms with van der Waals surface area (Å²) in [6, 6.07) is 16.2. The lowest BCUT2D eigenvalue weighted by Crippen LogP contribution is -2.34. The van der Waals surface area contributed by atoms with Gasteiger partial charge in [0.25, 0.3) is 0 Å². The van der Waals surface area contributed by atoms with Gasteiger partial charge in [0.2, 0.25) is 5.91 Å². The molecule has 25 heavy (non-hydrogen) atoms. The fourth-order valence-corrected chi connectivity index (χ4v) is 2.50. The minimum absolute atomic E-state index is 0.0667. The van der Waals surface area contributed by atoms with Crippen molar-refractivity contribution in [2.45, 2.75) is 25.8 Å². The fourth-order valence-electron chi connectivity index (χ4n) is 2.37. The summed E-state index contributed by atoms with van der Waals surface area (Å²) in [5.74, 6) is -0.109. The molecule has 0 bridgehead atoms. The lowest BCUT2D eigenvalue weighted by atomic mass is 10.0. The van der Waals surface area contributed by atoms with Crippen LogP contribution in [0.25, 0.3) is 0 Å². The van der Waals surface area contributed by atoms with Gasteiger partial charge in [0.05, 0.1) is 6.04 Å². The molecule has 0 aliphatic carbocycles. The van der Waals surface area contributed by atoms with Gasteiger partial charge in [-0.1, -0.05) is 48.9 Å². The van der Waals surface area contributed by atoms with Crippen LogP contribution in [0.15, 0.2) is 54.6 Å². The van der Waals surface area contributed by atoms with Gasteiger partial charge in [-0.25, -0.2) is 4.79 Å². The van der Waals surface area contributed by atoms with Crippen molar-refractivity contribution in [3.63, 3.8) is 0 Å². The Morgan fingerprint density at radius 3 is 2.36 bits per heavy atom. The molecule has 3 N–H and O–H groups in total. The Bertz CT molecular complexity index is 690. The molecule has 0 aliphatic rings. The molecule has 3 amide bonds. The second kappa shape index (κ2) is 9.69. The number of halogens is 1. The molecular formula is C19H22ClN3O2. The summed E-state index contributed by atoms with van der Waals surface area (Å²) in [6.07, 6.45) is 0.988. The molecule has 132 valence electrons. The molecule has 5 nitrogen and oxygen atoms in total. The van der Waals surface area contributed by atoms with Crippen molar-refractivity contribution in [2.75, 3.05) is 11.9 Å². The third-order valence-corrected chi connectivity index (χ3v) is 3.94. The summed E-state index contributed by atoms with van der Waals surface area (Å²) < 4.78 is 0. The topological polar surface area (TPSA) is 70.2 Å². The molecule has 1 atom stereocenters. The normalized spacial score (nSPS) is 11.4. The molecule has 0 unspecified atom stereocenters. The first-order valence-electron chi connectivity index (χ1n) is 8.23. The van der Waals surface area contributed by atoms with E-state index in [-0.39, 0.29) is 30.9 Å². The van der Waals surface area contributed by atoms with Crippen molar-refractivity contribution in [3.05, 3.63) is 65.2 Å². The van der Waals surface area contributed by atoms with Gasteiger partial charge in [-0.05, 0) is 36.2 Å². The van der Waals surface area contributed by atoms with Gasteiger partial charge in [0.15, 0.2) is 0 Å². The molecule has 0 heterocycles. The number of hydrogen-bond donors (Lipinski definition) is 3. The Hall–Kier alpha value is -2.53. The zero-order valence-electron chi connectivity index (χ0n) is 14.1. The van der Waals surface area contributed by atoms with Crippen LogP contribution in [0.3, 0.4) is 0 Å². The van der Waals surface area contributed by atoms with Gasteiger partial charge in [0, 0.05) is 23.7 Å². The molecule has 2 aromatic carbocycles. The lowest BCUT2D eigenvalue weighted by Gasteiger charge is -2.17. The Morgan fingerprint density at radius 2 is 1.72 bits per heavy atom. The molecule has 0 spiro atoms. The lowest BCUT2D eigenvalue weighted by molar-refractivity contribution is -0.121. The summed E-state index contributed by atoms with van der Waals surface area (Å²) in [5.41, 5.74) is 1.72. The Kier molecular flexibility index (Phi) is 7.29. The van der Waals surface area contributed by atoms with E-state index in [1.807, 2.05) is 37.3 Å². The average Bonchev–Trinajstić information content (AvgIpc) is 2.61.